The second-order valence-electron chi connectivity index (χ2n) is 12.6. The monoisotopic (exact) mass is 578 g/mol. The molecule has 8 heteroatoms. The summed E-state index contributed by atoms with van der Waals surface area (Å²) in [7, 11) is 2.01. The van der Waals surface area contributed by atoms with Crippen molar-refractivity contribution in [2.75, 3.05) is 25.5 Å². The molecule has 224 valence electrons. The van der Waals surface area contributed by atoms with E-state index >= 15 is 0 Å². The van der Waals surface area contributed by atoms with E-state index in [1.807, 2.05) is 30.2 Å². The maximum absolute atomic E-state index is 13.1. The number of aromatic amines is 1. The number of fused-ring (bicyclic) bond motifs is 2. The van der Waals surface area contributed by atoms with Crippen molar-refractivity contribution >= 4 is 33.5 Å². The van der Waals surface area contributed by atoms with Crippen molar-refractivity contribution in [3.05, 3.63) is 78.5 Å². The van der Waals surface area contributed by atoms with Gasteiger partial charge in [0.15, 0.2) is 0 Å². The highest BCUT2D eigenvalue weighted by molar-refractivity contribution is 5.96. The van der Waals surface area contributed by atoms with Crippen LogP contribution >= 0.6 is 0 Å². The van der Waals surface area contributed by atoms with Crippen LogP contribution < -0.4 is 11.1 Å². The van der Waals surface area contributed by atoms with Crippen molar-refractivity contribution in [2.45, 2.75) is 57.3 Å². The molecule has 43 heavy (non-hydrogen) atoms. The largest absolute Gasteiger partial charge is 0.383 e. The molecule has 1 fully saturated rings. The molecule has 0 spiro atoms. The van der Waals surface area contributed by atoms with Gasteiger partial charge in [0.2, 0.25) is 5.91 Å². The molecule has 4 N–H and O–H groups in total. The van der Waals surface area contributed by atoms with Crippen LogP contribution in [0, 0.1) is 5.92 Å². The quantitative estimate of drug-likeness (QED) is 0.176. The third-order valence-corrected chi connectivity index (χ3v) is 9.19. The third-order valence-electron chi connectivity index (χ3n) is 9.19. The number of rotatable bonds is 10. The number of H-pyrrole nitrogens is 1. The summed E-state index contributed by atoms with van der Waals surface area (Å²) in [5.74, 6) is 2.17. The number of nitrogens with two attached hydrogens (primary N) is 1. The van der Waals surface area contributed by atoms with Gasteiger partial charge in [-0.15, -0.1) is 0 Å². The molecule has 1 aliphatic heterocycles. The average molecular weight is 579 g/mol. The van der Waals surface area contributed by atoms with E-state index in [0.29, 0.717) is 24.7 Å². The Morgan fingerprint density at radius 2 is 2.00 bits per heavy atom. The zero-order chi connectivity index (χ0) is 30.0. The maximum Gasteiger partial charge on any atom is 0.220 e. The summed E-state index contributed by atoms with van der Waals surface area (Å²) >= 11 is 0. The van der Waals surface area contributed by atoms with E-state index in [1.165, 1.54) is 5.39 Å². The van der Waals surface area contributed by atoms with Gasteiger partial charge in [-0.3, -0.25) is 4.79 Å². The van der Waals surface area contributed by atoms with Gasteiger partial charge in [-0.05, 0) is 78.3 Å². The molecule has 1 amide bonds. The summed E-state index contributed by atoms with van der Waals surface area (Å²) in [5.41, 5.74) is 11.8. The van der Waals surface area contributed by atoms with Crippen LogP contribution in [0.1, 0.15) is 63.3 Å². The van der Waals surface area contributed by atoms with Crippen LogP contribution in [0.2, 0.25) is 0 Å². The topological polar surface area (TPSA) is 111 Å². The van der Waals surface area contributed by atoms with Crippen molar-refractivity contribution < 1.29 is 9.53 Å². The van der Waals surface area contributed by atoms with E-state index in [2.05, 4.69) is 77.7 Å². The summed E-state index contributed by atoms with van der Waals surface area (Å²) in [4.78, 5) is 25.8. The fourth-order valence-corrected chi connectivity index (χ4v) is 6.78. The van der Waals surface area contributed by atoms with Gasteiger partial charge in [0.1, 0.15) is 11.6 Å². The molecular weight excluding hydrogens is 536 g/mol. The second-order valence-corrected chi connectivity index (χ2v) is 12.6. The van der Waals surface area contributed by atoms with Gasteiger partial charge in [-0.1, -0.05) is 38.1 Å². The zero-order valence-electron chi connectivity index (χ0n) is 25.4. The number of imidazole rings is 1. The minimum atomic E-state index is -0.132. The molecule has 1 atom stereocenters. The lowest BCUT2D eigenvalue weighted by atomic mass is 9.78. The Bertz CT molecular complexity index is 1730. The number of anilines is 1. The molecule has 1 unspecified atom stereocenters. The van der Waals surface area contributed by atoms with Crippen LogP contribution in [0.5, 0.6) is 0 Å². The first-order chi connectivity index (χ1) is 20.8. The minimum absolute atomic E-state index is 0.0707. The molecule has 8 nitrogen and oxygen atoms in total. The van der Waals surface area contributed by atoms with E-state index in [-0.39, 0.29) is 17.2 Å². The second kappa shape index (κ2) is 12.2. The molecule has 0 aliphatic carbocycles. The maximum atomic E-state index is 13.1. The smallest absolute Gasteiger partial charge is 0.220 e. The van der Waals surface area contributed by atoms with Crippen molar-refractivity contribution in [3.8, 4) is 11.1 Å². The lowest BCUT2D eigenvalue weighted by Gasteiger charge is -2.31. The fraction of sp³-hybridized carbons (Fsp3) is 0.400. The molecule has 3 aromatic heterocycles. The number of aromatic nitrogens is 4. The Balaban J connectivity index is 1.21. The zero-order valence-corrected chi connectivity index (χ0v) is 25.4. The van der Waals surface area contributed by atoms with Crippen molar-refractivity contribution in [1.29, 1.82) is 0 Å². The van der Waals surface area contributed by atoms with Crippen LogP contribution in [-0.4, -0.2) is 45.2 Å². The Morgan fingerprint density at radius 1 is 1.16 bits per heavy atom. The molecule has 1 aliphatic rings. The van der Waals surface area contributed by atoms with E-state index < -0.39 is 0 Å². The number of benzene rings is 2. The predicted molar refractivity (Wildman–Crippen MR) is 173 cm³/mol. The molecule has 4 heterocycles. The van der Waals surface area contributed by atoms with Crippen LogP contribution in [0.15, 0.2) is 67.1 Å². The lowest BCUT2D eigenvalue weighted by Crippen LogP contribution is -2.32. The normalized spacial score (nSPS) is 15.2. The number of aryl methyl sites for hydroxylation is 1. The van der Waals surface area contributed by atoms with Crippen LogP contribution in [0.25, 0.3) is 32.9 Å². The van der Waals surface area contributed by atoms with Crippen molar-refractivity contribution in [1.82, 2.24) is 24.8 Å². The number of nitrogens with one attached hydrogen (secondary N) is 2. The number of pyridine rings is 1. The molecule has 0 bridgehead atoms. The number of hydrogen-bond acceptors (Lipinski definition) is 5. The van der Waals surface area contributed by atoms with Gasteiger partial charge in [-0.25, -0.2) is 9.97 Å². The fourth-order valence-electron chi connectivity index (χ4n) is 6.78. The van der Waals surface area contributed by atoms with E-state index in [4.69, 9.17) is 15.5 Å². The first-order valence-corrected chi connectivity index (χ1v) is 15.4. The number of nitrogens with zero attached hydrogens (tertiary/aromatic N) is 3. The van der Waals surface area contributed by atoms with E-state index in [0.717, 1.165) is 77.8 Å². The summed E-state index contributed by atoms with van der Waals surface area (Å²) < 4.78 is 7.74. The number of amides is 1. The van der Waals surface area contributed by atoms with Gasteiger partial charge < -0.3 is 25.3 Å². The SMILES string of the molecule is Cn1ccnc1C(C)(C)CCNC(=O)CCC(c1cc2cc(-c3cccc4cc[nH]c34)ccc2nc1N)C1CCOCC1. The van der Waals surface area contributed by atoms with Gasteiger partial charge in [0.05, 0.1) is 11.0 Å². The molecule has 5 aromatic rings. The van der Waals surface area contributed by atoms with Crippen LogP contribution in [-0.2, 0) is 22.0 Å². The average Bonchev–Trinajstić information content (AvgIpc) is 3.67. The molecular formula is C35H42N6O2. The summed E-state index contributed by atoms with van der Waals surface area (Å²) in [6, 6.07) is 17.0. The number of para-hydroxylation sites is 1. The first-order valence-electron chi connectivity index (χ1n) is 15.4. The van der Waals surface area contributed by atoms with Crippen LogP contribution in [0.3, 0.4) is 0 Å². The number of ether oxygens (including phenoxy) is 1. The first kappa shape index (κ1) is 28.9. The van der Waals surface area contributed by atoms with Gasteiger partial charge in [-0.2, -0.15) is 0 Å². The molecule has 0 saturated carbocycles. The van der Waals surface area contributed by atoms with Crippen molar-refractivity contribution in [3.63, 3.8) is 0 Å². The molecule has 0 radical (unpaired) electrons. The van der Waals surface area contributed by atoms with Gasteiger partial charge in [0.25, 0.3) is 0 Å². The molecule has 2 aromatic carbocycles. The summed E-state index contributed by atoms with van der Waals surface area (Å²) in [6.45, 7) is 6.42. The highest BCUT2D eigenvalue weighted by Crippen LogP contribution is 2.40. The Kier molecular flexibility index (Phi) is 8.21. The van der Waals surface area contributed by atoms with Crippen LogP contribution in [0.4, 0.5) is 5.82 Å². The minimum Gasteiger partial charge on any atom is -0.383 e. The van der Waals surface area contributed by atoms with E-state index in [1.54, 1.807) is 0 Å². The number of nitrogen functional groups attached to an aromatic ring is 1. The number of carbonyl (C=O) groups excluding carboxylic acids is 1. The Hall–Kier alpha value is -4.17. The number of carbonyl (C=O) groups is 1. The molecule has 1 saturated heterocycles. The van der Waals surface area contributed by atoms with E-state index in [9.17, 15) is 4.79 Å². The van der Waals surface area contributed by atoms with Crippen molar-refractivity contribution in [2.24, 2.45) is 13.0 Å². The summed E-state index contributed by atoms with van der Waals surface area (Å²) in [5, 5.41) is 5.41. The molecule has 6 rings (SSSR count). The highest BCUT2D eigenvalue weighted by atomic mass is 16.5. The predicted octanol–water partition coefficient (Wildman–Crippen LogP) is 6.47. The standard InChI is InChI=1S/C35H42N6O2/c1-35(2,34-39-17-18-41(34)3)14-16-37-31(42)10-8-27(23-12-19-43-20-13-23)29-22-26-21-25(7-9-30(26)40-33(29)36)28-6-4-5-24-11-15-38-32(24)28/h4-7,9,11,15,17-18,21-23,27,38H,8,10,12-14,16,19-20H2,1-3H3,(H2,36,40)(H,37,42). The lowest BCUT2D eigenvalue weighted by molar-refractivity contribution is -0.121. The van der Waals surface area contributed by atoms with Gasteiger partial charge in [0, 0.05) is 68.2 Å². The summed E-state index contributed by atoms with van der Waals surface area (Å²) in [6.07, 6.45) is 9.64. The Labute approximate surface area is 253 Å². The third kappa shape index (κ3) is 6.15. The Morgan fingerprint density at radius 3 is 2.79 bits per heavy atom. The number of hydrogen-bond donors (Lipinski definition) is 3. The van der Waals surface area contributed by atoms with Gasteiger partial charge >= 0.3 is 0 Å². The highest BCUT2D eigenvalue weighted by Gasteiger charge is 2.29.